The van der Waals surface area contributed by atoms with Gasteiger partial charge in [-0.2, -0.15) is 0 Å². The van der Waals surface area contributed by atoms with Crippen LogP contribution < -0.4 is 10.6 Å². The van der Waals surface area contributed by atoms with E-state index in [-0.39, 0.29) is 23.1 Å². The lowest BCUT2D eigenvalue weighted by Gasteiger charge is -2.35. The van der Waals surface area contributed by atoms with E-state index >= 15 is 0 Å². The summed E-state index contributed by atoms with van der Waals surface area (Å²) in [6.45, 7) is 1.44. The molecule has 2 atom stereocenters. The monoisotopic (exact) mass is 540 g/mol. The van der Waals surface area contributed by atoms with E-state index in [0.29, 0.717) is 40.7 Å². The van der Waals surface area contributed by atoms with Gasteiger partial charge in [-0.05, 0) is 62.5 Å². The number of nitrogens with zero attached hydrogens (tertiary/aromatic N) is 2. The molecule has 2 N–H and O–H groups in total. The van der Waals surface area contributed by atoms with Crippen LogP contribution in [0.5, 0.6) is 0 Å². The number of thiazole rings is 1. The molecule has 2 aromatic rings. The maximum absolute atomic E-state index is 13.4. The third-order valence-electron chi connectivity index (χ3n) is 7.54. The van der Waals surface area contributed by atoms with Crippen molar-refractivity contribution in [3.05, 3.63) is 35.2 Å². The van der Waals surface area contributed by atoms with Gasteiger partial charge in [0, 0.05) is 47.9 Å². The highest BCUT2D eigenvalue weighted by molar-refractivity contribution is 8.00. The normalized spacial score (nSPS) is 24.2. The zero-order chi connectivity index (χ0) is 25.4. The molecule has 10 heteroatoms. The molecule has 4 fully saturated rings. The van der Waals surface area contributed by atoms with Crippen molar-refractivity contribution in [1.29, 1.82) is 0 Å². The van der Waals surface area contributed by atoms with E-state index in [9.17, 15) is 14.4 Å². The largest absolute Gasteiger partial charge is 0.381 e. The van der Waals surface area contributed by atoms with E-state index in [0.717, 1.165) is 63.0 Å². The molecular weight excluding hydrogens is 508 g/mol. The van der Waals surface area contributed by atoms with Crippen LogP contribution in [-0.4, -0.2) is 64.0 Å². The van der Waals surface area contributed by atoms with Crippen LogP contribution in [0.25, 0.3) is 11.3 Å². The van der Waals surface area contributed by atoms with Crippen molar-refractivity contribution in [3.8, 4) is 11.3 Å². The first kappa shape index (κ1) is 24.9. The Morgan fingerprint density at radius 2 is 1.78 bits per heavy atom. The van der Waals surface area contributed by atoms with E-state index in [1.165, 1.54) is 11.3 Å². The van der Waals surface area contributed by atoms with Crippen LogP contribution in [-0.2, 0) is 14.3 Å². The minimum Gasteiger partial charge on any atom is -0.381 e. The smallest absolute Gasteiger partial charge is 0.251 e. The number of hydrogen-bond donors (Lipinski definition) is 2. The first-order valence-corrected chi connectivity index (χ1v) is 15.2. The van der Waals surface area contributed by atoms with Crippen molar-refractivity contribution in [3.63, 3.8) is 0 Å². The van der Waals surface area contributed by atoms with Gasteiger partial charge in [0.05, 0.1) is 11.1 Å². The van der Waals surface area contributed by atoms with Crippen molar-refractivity contribution in [2.75, 3.05) is 24.3 Å². The van der Waals surface area contributed by atoms with Crippen molar-refractivity contribution in [1.82, 2.24) is 15.2 Å². The molecule has 1 unspecified atom stereocenters. The number of benzene rings is 1. The van der Waals surface area contributed by atoms with E-state index in [1.54, 1.807) is 23.9 Å². The van der Waals surface area contributed by atoms with Crippen molar-refractivity contribution in [2.45, 2.75) is 62.4 Å². The van der Waals surface area contributed by atoms with Gasteiger partial charge in [0.1, 0.15) is 6.04 Å². The molecule has 3 heterocycles. The molecule has 2 saturated heterocycles. The number of carbonyl (C=O) groups is 3. The number of amides is 3. The molecule has 0 radical (unpaired) electrons. The first-order chi connectivity index (χ1) is 18.0. The minimum absolute atomic E-state index is 0.0355. The van der Waals surface area contributed by atoms with Crippen molar-refractivity contribution < 1.29 is 19.1 Å². The molecule has 2 saturated carbocycles. The Balaban J connectivity index is 1.12. The molecule has 3 amide bonds. The predicted octanol–water partition coefficient (Wildman–Crippen LogP) is 4.14. The van der Waals surface area contributed by atoms with Gasteiger partial charge < -0.3 is 20.3 Å². The summed E-state index contributed by atoms with van der Waals surface area (Å²) in [6.07, 6.45) is 6.73. The topological polar surface area (TPSA) is 101 Å². The standard InChI is InChI=1S/C27H32N4O4S2/c32-23(13-16-1-2-16)31-22(15-36-26(31)19-9-11-35-12-10-19)25(34)30-27-29-21(14-37-27)17-3-5-18(6-4-17)24(33)28-20-7-8-20/h3-6,14,16,19-20,22,26H,1-2,7-13,15H2,(H,28,33)(H,29,30,34)/t22-,26?/m0/s1. The summed E-state index contributed by atoms with van der Waals surface area (Å²) in [5.74, 6) is 1.33. The van der Waals surface area contributed by atoms with Crippen LogP contribution in [0, 0.1) is 11.8 Å². The van der Waals surface area contributed by atoms with Gasteiger partial charge in [-0.1, -0.05) is 12.1 Å². The molecule has 0 spiro atoms. The van der Waals surface area contributed by atoms with E-state index < -0.39 is 6.04 Å². The third-order valence-corrected chi connectivity index (χ3v) is 9.76. The summed E-state index contributed by atoms with van der Waals surface area (Å²) in [5.41, 5.74) is 2.27. The molecule has 4 aliphatic rings. The Labute approximate surface area is 224 Å². The second-order valence-corrected chi connectivity index (χ2v) is 12.5. The molecule has 8 nitrogen and oxygen atoms in total. The number of hydrogen-bond acceptors (Lipinski definition) is 7. The summed E-state index contributed by atoms with van der Waals surface area (Å²) in [6, 6.07) is 7.21. The minimum atomic E-state index is -0.485. The van der Waals surface area contributed by atoms with E-state index in [1.807, 2.05) is 22.4 Å². The Bertz CT molecular complexity index is 1160. The van der Waals surface area contributed by atoms with Crippen LogP contribution in [0.1, 0.15) is 55.3 Å². The Morgan fingerprint density at radius 1 is 1.03 bits per heavy atom. The predicted molar refractivity (Wildman–Crippen MR) is 144 cm³/mol. The number of aromatic nitrogens is 1. The fraction of sp³-hybridized carbons (Fsp3) is 0.556. The Morgan fingerprint density at radius 3 is 2.49 bits per heavy atom. The summed E-state index contributed by atoms with van der Waals surface area (Å²) in [4.78, 5) is 45.5. The third kappa shape index (κ3) is 5.86. The number of anilines is 1. The number of ether oxygens (including phenoxy) is 1. The van der Waals surface area contributed by atoms with Gasteiger partial charge in [0.2, 0.25) is 11.8 Å². The molecule has 196 valence electrons. The molecule has 0 bridgehead atoms. The van der Waals surface area contributed by atoms with Gasteiger partial charge in [-0.3, -0.25) is 14.4 Å². The summed E-state index contributed by atoms with van der Waals surface area (Å²) in [7, 11) is 0. The highest BCUT2D eigenvalue weighted by atomic mass is 32.2. The lowest BCUT2D eigenvalue weighted by molar-refractivity contribution is -0.139. The second kappa shape index (κ2) is 10.7. The maximum Gasteiger partial charge on any atom is 0.251 e. The summed E-state index contributed by atoms with van der Waals surface area (Å²) >= 11 is 3.10. The molecule has 37 heavy (non-hydrogen) atoms. The fourth-order valence-electron chi connectivity index (χ4n) is 5.03. The van der Waals surface area contributed by atoms with Gasteiger partial charge in [-0.15, -0.1) is 23.1 Å². The average molecular weight is 541 g/mol. The molecule has 1 aromatic carbocycles. The number of thioether (sulfide) groups is 1. The van der Waals surface area contributed by atoms with Gasteiger partial charge in [0.15, 0.2) is 5.13 Å². The van der Waals surface area contributed by atoms with Crippen LogP contribution in [0.3, 0.4) is 0 Å². The van der Waals surface area contributed by atoms with E-state index in [2.05, 4.69) is 15.6 Å². The zero-order valence-corrected chi connectivity index (χ0v) is 22.3. The quantitative estimate of drug-likeness (QED) is 0.522. The first-order valence-electron chi connectivity index (χ1n) is 13.2. The number of carbonyl (C=O) groups excluding carboxylic acids is 3. The molecule has 1 aromatic heterocycles. The lowest BCUT2D eigenvalue weighted by Crippen LogP contribution is -2.50. The summed E-state index contributed by atoms with van der Waals surface area (Å²) < 4.78 is 5.54. The number of rotatable bonds is 8. The van der Waals surface area contributed by atoms with Crippen LogP contribution in [0.4, 0.5) is 5.13 Å². The lowest BCUT2D eigenvalue weighted by atomic mass is 9.98. The molecule has 6 rings (SSSR count). The SMILES string of the molecule is O=C(NC1CC1)c1ccc(-c2csc(NC(=O)[C@@H]3CSC(C4CCOCC4)N3C(=O)CC3CC3)n2)cc1. The number of nitrogens with one attached hydrogen (secondary N) is 2. The van der Waals surface area contributed by atoms with Gasteiger partial charge in [-0.25, -0.2) is 4.98 Å². The Hall–Kier alpha value is -2.43. The van der Waals surface area contributed by atoms with Gasteiger partial charge >= 0.3 is 0 Å². The zero-order valence-electron chi connectivity index (χ0n) is 20.7. The van der Waals surface area contributed by atoms with E-state index in [4.69, 9.17) is 4.74 Å². The average Bonchev–Trinajstić information content (AvgIpc) is 3.82. The van der Waals surface area contributed by atoms with Crippen LogP contribution in [0.15, 0.2) is 29.6 Å². The van der Waals surface area contributed by atoms with Crippen LogP contribution >= 0.6 is 23.1 Å². The van der Waals surface area contributed by atoms with Gasteiger partial charge in [0.25, 0.3) is 5.91 Å². The highest BCUT2D eigenvalue weighted by Gasteiger charge is 2.46. The molecule has 2 aliphatic carbocycles. The van der Waals surface area contributed by atoms with Crippen LogP contribution in [0.2, 0.25) is 0 Å². The second-order valence-electron chi connectivity index (χ2n) is 10.5. The summed E-state index contributed by atoms with van der Waals surface area (Å²) in [5, 5.41) is 8.43. The maximum atomic E-state index is 13.4. The fourth-order valence-corrected chi connectivity index (χ4v) is 7.41. The van der Waals surface area contributed by atoms with Crippen molar-refractivity contribution >= 4 is 46.0 Å². The van der Waals surface area contributed by atoms with Crippen molar-refractivity contribution in [2.24, 2.45) is 11.8 Å². The highest BCUT2D eigenvalue weighted by Crippen LogP contribution is 2.41. The molecular formula is C27H32N4O4S2. The Kier molecular flexibility index (Phi) is 7.23. The molecule has 2 aliphatic heterocycles.